The average molecular weight is 309 g/mol. The van der Waals surface area contributed by atoms with Crippen molar-refractivity contribution in [3.05, 3.63) is 34.7 Å². The van der Waals surface area contributed by atoms with Gasteiger partial charge in [0.05, 0.1) is 5.03 Å². The largest absolute Gasteiger partial charge is 0.369 e. The molecule has 0 bridgehead atoms. The smallest absolute Gasteiger partial charge is 0.278 e. The van der Waals surface area contributed by atoms with Gasteiger partial charge in [-0.25, -0.2) is 4.99 Å². The third kappa shape index (κ3) is 2.19. The zero-order valence-electron chi connectivity index (χ0n) is 11.0. The number of rotatable bonds is 1. The lowest BCUT2D eigenvalue weighted by Gasteiger charge is -2.18. The highest BCUT2D eigenvalue weighted by Crippen LogP contribution is 2.31. The maximum Gasteiger partial charge on any atom is 0.278 e. The molecular formula is C13H13ClN4OS. The van der Waals surface area contributed by atoms with Gasteiger partial charge in [0.2, 0.25) is 0 Å². The molecule has 1 N–H and O–H groups in total. The van der Waals surface area contributed by atoms with Crippen LogP contribution in [-0.4, -0.2) is 41.7 Å². The first-order chi connectivity index (χ1) is 9.60. The van der Waals surface area contributed by atoms with E-state index < -0.39 is 0 Å². The van der Waals surface area contributed by atoms with Crippen LogP contribution in [0.3, 0.4) is 0 Å². The Morgan fingerprint density at radius 2 is 2.35 bits per heavy atom. The number of fused-ring (bicyclic) bond motifs is 1. The Morgan fingerprint density at radius 1 is 1.55 bits per heavy atom. The van der Waals surface area contributed by atoms with Crippen LogP contribution in [0.25, 0.3) is 0 Å². The van der Waals surface area contributed by atoms with Gasteiger partial charge in [-0.3, -0.25) is 14.7 Å². The first-order valence-corrected chi connectivity index (χ1v) is 7.69. The summed E-state index contributed by atoms with van der Waals surface area (Å²) in [5.74, 6) is -0.0419. The van der Waals surface area contributed by atoms with Crippen LogP contribution >= 0.6 is 23.4 Å². The summed E-state index contributed by atoms with van der Waals surface area (Å²) in [6, 6.07) is 0. The summed E-state index contributed by atoms with van der Waals surface area (Å²) < 4.78 is 0. The molecule has 3 aliphatic heterocycles. The summed E-state index contributed by atoms with van der Waals surface area (Å²) in [6.07, 6.45) is 9.11. The van der Waals surface area contributed by atoms with E-state index in [-0.39, 0.29) is 18.0 Å². The summed E-state index contributed by atoms with van der Waals surface area (Å²) in [4.78, 5) is 22.3. The van der Waals surface area contributed by atoms with Crippen molar-refractivity contribution in [2.75, 3.05) is 13.3 Å². The van der Waals surface area contributed by atoms with E-state index in [1.807, 2.05) is 18.5 Å². The molecule has 2 unspecified atom stereocenters. The van der Waals surface area contributed by atoms with Crippen LogP contribution in [0.5, 0.6) is 0 Å². The van der Waals surface area contributed by atoms with E-state index in [4.69, 9.17) is 11.6 Å². The Kier molecular flexibility index (Phi) is 3.43. The number of halogens is 1. The van der Waals surface area contributed by atoms with E-state index in [9.17, 15) is 4.79 Å². The van der Waals surface area contributed by atoms with Gasteiger partial charge in [-0.2, -0.15) is 0 Å². The van der Waals surface area contributed by atoms with Crippen molar-refractivity contribution in [1.82, 2.24) is 10.2 Å². The fraction of sp³-hybridized carbons (Fsp3) is 0.308. The topological polar surface area (TPSA) is 57.1 Å². The lowest BCUT2D eigenvalue weighted by molar-refractivity contribution is -0.121. The van der Waals surface area contributed by atoms with Crippen LogP contribution in [-0.2, 0) is 4.79 Å². The van der Waals surface area contributed by atoms with E-state index in [1.165, 1.54) is 11.8 Å². The molecule has 0 aromatic carbocycles. The number of carbonyl (C=O) groups is 1. The van der Waals surface area contributed by atoms with E-state index in [1.54, 1.807) is 24.2 Å². The third-order valence-corrected chi connectivity index (χ3v) is 4.31. The maximum absolute atomic E-state index is 12.1. The van der Waals surface area contributed by atoms with Gasteiger partial charge in [0, 0.05) is 25.4 Å². The van der Waals surface area contributed by atoms with Gasteiger partial charge in [0.25, 0.3) is 5.91 Å². The number of allylic oxidation sites excluding steroid dienone is 2. The highest BCUT2D eigenvalue weighted by Gasteiger charge is 2.31. The van der Waals surface area contributed by atoms with Crippen LogP contribution < -0.4 is 5.32 Å². The quantitative estimate of drug-likeness (QED) is 0.750. The first-order valence-electron chi connectivity index (χ1n) is 6.09. The van der Waals surface area contributed by atoms with Crippen molar-refractivity contribution in [3.63, 3.8) is 0 Å². The van der Waals surface area contributed by atoms with Gasteiger partial charge in [0.1, 0.15) is 11.9 Å². The molecule has 0 saturated carbocycles. The van der Waals surface area contributed by atoms with Gasteiger partial charge in [-0.1, -0.05) is 29.4 Å². The molecule has 1 amide bonds. The van der Waals surface area contributed by atoms with Gasteiger partial charge < -0.3 is 5.32 Å². The number of nitrogens with zero attached hydrogens (tertiary/aromatic N) is 3. The second-order valence-corrected chi connectivity index (χ2v) is 5.81. The minimum Gasteiger partial charge on any atom is -0.369 e. The minimum absolute atomic E-state index is 0.0393. The number of carbonyl (C=O) groups excluding carboxylic acids is 1. The normalized spacial score (nSPS) is 30.1. The van der Waals surface area contributed by atoms with E-state index in [0.717, 1.165) is 5.57 Å². The molecule has 0 saturated heterocycles. The summed E-state index contributed by atoms with van der Waals surface area (Å²) in [5, 5.41) is 4.49. The molecule has 2 atom stereocenters. The van der Waals surface area contributed by atoms with Gasteiger partial charge in [0.15, 0.2) is 5.17 Å². The molecular weight excluding hydrogens is 296 g/mol. The van der Waals surface area contributed by atoms with Crippen LogP contribution in [0.2, 0.25) is 0 Å². The molecule has 3 aliphatic rings. The van der Waals surface area contributed by atoms with Gasteiger partial charge in [-0.15, -0.1) is 0 Å². The lowest BCUT2D eigenvalue weighted by atomic mass is 9.97. The van der Waals surface area contributed by atoms with Crippen LogP contribution in [0.4, 0.5) is 0 Å². The van der Waals surface area contributed by atoms with Crippen molar-refractivity contribution in [2.45, 2.75) is 6.17 Å². The van der Waals surface area contributed by atoms with Gasteiger partial charge >= 0.3 is 0 Å². The number of amidine groups is 1. The molecule has 20 heavy (non-hydrogen) atoms. The monoisotopic (exact) mass is 308 g/mol. The minimum atomic E-state index is -0.0897. The van der Waals surface area contributed by atoms with Gasteiger partial charge in [-0.05, 0) is 17.9 Å². The molecule has 0 aromatic heterocycles. The highest BCUT2D eigenvalue weighted by atomic mass is 35.5. The summed E-state index contributed by atoms with van der Waals surface area (Å²) in [6.45, 7) is 0. The van der Waals surface area contributed by atoms with E-state index in [0.29, 0.717) is 15.9 Å². The molecule has 104 valence electrons. The predicted molar refractivity (Wildman–Crippen MR) is 82.7 cm³/mol. The lowest BCUT2D eigenvalue weighted by Crippen LogP contribution is -2.26. The number of hydrogen-bond donors (Lipinski definition) is 1. The number of thioether (sulfide) groups is 1. The second kappa shape index (κ2) is 5.10. The Labute approximate surface area is 126 Å². The van der Waals surface area contributed by atoms with Crippen molar-refractivity contribution >= 4 is 40.7 Å². The van der Waals surface area contributed by atoms with Crippen molar-refractivity contribution in [2.24, 2.45) is 15.9 Å². The Balaban J connectivity index is 1.89. The second-order valence-electron chi connectivity index (χ2n) is 4.60. The maximum atomic E-state index is 12.1. The third-order valence-electron chi connectivity index (χ3n) is 3.36. The molecule has 5 nitrogen and oxygen atoms in total. The molecule has 7 heteroatoms. The fourth-order valence-electron chi connectivity index (χ4n) is 2.31. The molecule has 0 fully saturated rings. The van der Waals surface area contributed by atoms with E-state index in [2.05, 4.69) is 15.3 Å². The molecule has 0 aliphatic carbocycles. The Morgan fingerprint density at radius 3 is 3.05 bits per heavy atom. The van der Waals surface area contributed by atoms with Crippen molar-refractivity contribution < 1.29 is 4.79 Å². The number of likely N-dealkylation sites (N-methyl/N-ethyl adjacent to an activating group) is 1. The summed E-state index contributed by atoms with van der Waals surface area (Å²) in [7, 11) is 1.73. The zero-order valence-corrected chi connectivity index (χ0v) is 12.6. The number of amides is 1. The number of aliphatic imine (C=N–C) groups is 2. The van der Waals surface area contributed by atoms with Crippen LogP contribution in [0, 0.1) is 5.92 Å². The predicted octanol–water partition coefficient (Wildman–Crippen LogP) is 1.70. The van der Waals surface area contributed by atoms with Crippen molar-refractivity contribution in [3.8, 4) is 0 Å². The molecule has 0 aromatic rings. The molecule has 3 heterocycles. The number of dihydropyridines is 1. The van der Waals surface area contributed by atoms with E-state index >= 15 is 0 Å². The average Bonchev–Trinajstić information content (AvgIpc) is 2.95. The number of hydrogen-bond acceptors (Lipinski definition) is 5. The Bertz CT molecular complexity index is 620. The molecule has 3 rings (SSSR count). The number of nitrogens with one attached hydrogen (secondary N) is 1. The highest BCUT2D eigenvalue weighted by molar-refractivity contribution is 8.13. The van der Waals surface area contributed by atoms with Crippen molar-refractivity contribution in [1.29, 1.82) is 0 Å². The van der Waals surface area contributed by atoms with Crippen LogP contribution in [0.15, 0.2) is 44.6 Å². The SMILES string of the molecule is CSC1=N/C(=C\C2=CNC3N=CC(Cl)=CC23)C(=O)N1C. The molecule has 0 radical (unpaired) electrons. The standard InChI is InChI=1S/C13H13ClN4OS/c1-18-12(19)10(17-13(18)20-2)3-7-5-15-11-9(7)4-8(14)6-16-11/h3-6,9,11,15H,1-2H3/b10-3-. The fourth-order valence-corrected chi connectivity index (χ4v) is 3.05. The summed E-state index contributed by atoms with van der Waals surface area (Å²) in [5.41, 5.74) is 1.41. The molecule has 0 spiro atoms. The Hall–Kier alpha value is -1.53. The summed E-state index contributed by atoms with van der Waals surface area (Å²) >= 11 is 7.44. The zero-order chi connectivity index (χ0) is 14.3. The van der Waals surface area contributed by atoms with Crippen LogP contribution in [0.1, 0.15) is 0 Å². The first kappa shape index (κ1) is 13.5.